The van der Waals surface area contributed by atoms with Gasteiger partial charge in [0.05, 0.1) is 11.5 Å². The fourth-order valence-electron chi connectivity index (χ4n) is 4.39. The Morgan fingerprint density at radius 3 is 2.23 bits per heavy atom. The van der Waals surface area contributed by atoms with Gasteiger partial charge in [0.1, 0.15) is 5.75 Å². The Bertz CT molecular complexity index is 1340. The van der Waals surface area contributed by atoms with Gasteiger partial charge in [0.25, 0.3) is 0 Å². The highest BCUT2D eigenvalue weighted by Crippen LogP contribution is 2.22. The van der Waals surface area contributed by atoms with Gasteiger partial charge in [-0.05, 0) is 112 Å². The molecule has 0 atom stereocenters. The van der Waals surface area contributed by atoms with E-state index in [4.69, 9.17) is 16.3 Å². The molecule has 0 bridgehead atoms. The van der Waals surface area contributed by atoms with Crippen molar-refractivity contribution in [1.82, 2.24) is 9.62 Å². The van der Waals surface area contributed by atoms with Gasteiger partial charge in [0.2, 0.25) is 10.0 Å². The summed E-state index contributed by atoms with van der Waals surface area (Å²) < 4.78 is 34.0. The number of benzene rings is 3. The molecule has 0 saturated carbocycles. The number of aryl methyl sites for hydroxylation is 3. The summed E-state index contributed by atoms with van der Waals surface area (Å²) in [4.78, 5) is 13.5. The summed E-state index contributed by atoms with van der Waals surface area (Å²) in [6.45, 7) is 1.93. The molecule has 0 amide bonds. The van der Waals surface area contributed by atoms with Gasteiger partial charge in [-0.3, -0.25) is 4.79 Å². The molecule has 9 heteroatoms. The molecule has 0 spiro atoms. The third kappa shape index (κ3) is 10.9. The van der Waals surface area contributed by atoms with Crippen molar-refractivity contribution in [3.63, 3.8) is 0 Å². The summed E-state index contributed by atoms with van der Waals surface area (Å²) in [5.74, 6) is 0.0468. The Labute approximate surface area is 243 Å². The predicted octanol–water partition coefficient (Wildman–Crippen LogP) is 5.38. The van der Waals surface area contributed by atoms with Crippen LogP contribution in [-0.4, -0.2) is 58.2 Å². The third-order valence-corrected chi connectivity index (χ3v) is 8.21. The molecule has 0 heterocycles. The average molecular weight is 587 g/mol. The summed E-state index contributed by atoms with van der Waals surface area (Å²) in [6.07, 6.45) is 4.54. The molecule has 0 aromatic heterocycles. The fourth-order valence-corrected chi connectivity index (χ4v) is 5.55. The van der Waals surface area contributed by atoms with Gasteiger partial charge in [-0.25, -0.2) is 13.1 Å². The first-order valence-corrected chi connectivity index (χ1v) is 15.4. The number of unbranched alkanes of at least 4 members (excludes halogenated alkanes) is 1. The number of nitrogens with one attached hydrogen (secondary N) is 1. The van der Waals surface area contributed by atoms with Crippen molar-refractivity contribution in [1.29, 1.82) is 0 Å². The van der Waals surface area contributed by atoms with Crippen LogP contribution in [0.25, 0.3) is 0 Å². The van der Waals surface area contributed by atoms with E-state index in [-0.39, 0.29) is 17.9 Å². The van der Waals surface area contributed by atoms with E-state index in [0.29, 0.717) is 24.5 Å². The van der Waals surface area contributed by atoms with Gasteiger partial charge in [-0.15, -0.1) is 0 Å². The van der Waals surface area contributed by atoms with Crippen molar-refractivity contribution >= 4 is 27.6 Å². The molecule has 0 aliphatic carbocycles. The molecule has 3 rings (SSSR count). The number of nitrogens with zero attached hydrogens (tertiary/aromatic N) is 1. The van der Waals surface area contributed by atoms with E-state index in [1.807, 2.05) is 24.3 Å². The van der Waals surface area contributed by atoms with Gasteiger partial charge < -0.3 is 14.7 Å². The van der Waals surface area contributed by atoms with Gasteiger partial charge in [0, 0.05) is 18.0 Å². The molecule has 0 fully saturated rings. The van der Waals surface area contributed by atoms with Crippen molar-refractivity contribution in [3.05, 3.63) is 94.0 Å². The maximum atomic E-state index is 12.6. The highest BCUT2D eigenvalue weighted by molar-refractivity contribution is 7.89. The van der Waals surface area contributed by atoms with Gasteiger partial charge in [-0.2, -0.15) is 0 Å². The number of ether oxygens (including phenoxy) is 1. The maximum absolute atomic E-state index is 12.6. The molecule has 2 N–H and O–H groups in total. The first kappa shape index (κ1) is 31.6. The zero-order valence-electron chi connectivity index (χ0n) is 23.2. The number of carboxylic acids is 1. The first-order chi connectivity index (χ1) is 19.1. The fraction of sp³-hybridized carbons (Fsp3) is 0.387. The summed E-state index contributed by atoms with van der Waals surface area (Å²) in [6, 6.07) is 20.2. The molecule has 0 unspecified atom stereocenters. The Morgan fingerprint density at radius 2 is 1.55 bits per heavy atom. The molecule has 216 valence electrons. The lowest BCUT2D eigenvalue weighted by atomic mass is 9.96. The Balaban J connectivity index is 1.65. The van der Waals surface area contributed by atoms with Crippen LogP contribution in [0.1, 0.15) is 41.5 Å². The molecular formula is C31H39ClN2O5S. The van der Waals surface area contributed by atoms with E-state index in [1.54, 1.807) is 12.1 Å². The summed E-state index contributed by atoms with van der Waals surface area (Å²) in [5.41, 5.74) is 4.10. The number of hydrogen-bond acceptors (Lipinski definition) is 5. The standard InChI is InChI=1S/C31H39ClN2O5S/c1-34(2)19-5-6-20-39-30-8-4-3-7-27(30)11-9-24-21-25(10-16-31(35)36)23-26(22-24)17-18-33-40(37,38)29-14-12-28(32)13-15-29/h3-4,7-8,12-15,21-23,33H,5-6,9-11,16-20H2,1-2H3,(H,35,36). The number of aliphatic carboxylic acids is 1. The zero-order chi connectivity index (χ0) is 29.0. The average Bonchev–Trinajstić information content (AvgIpc) is 2.91. The highest BCUT2D eigenvalue weighted by atomic mass is 35.5. The van der Waals surface area contributed by atoms with Crippen LogP contribution in [0.2, 0.25) is 5.02 Å². The van der Waals surface area contributed by atoms with Crippen LogP contribution in [0.15, 0.2) is 71.6 Å². The molecule has 7 nitrogen and oxygen atoms in total. The summed E-state index contributed by atoms with van der Waals surface area (Å²) >= 11 is 5.88. The van der Waals surface area contributed by atoms with Crippen LogP contribution in [0.4, 0.5) is 0 Å². The number of para-hydroxylation sites is 1. The van der Waals surface area contributed by atoms with Crippen LogP contribution in [0.3, 0.4) is 0 Å². The largest absolute Gasteiger partial charge is 0.493 e. The van der Waals surface area contributed by atoms with Crippen molar-refractivity contribution in [2.45, 2.75) is 49.8 Å². The topological polar surface area (TPSA) is 95.9 Å². The smallest absolute Gasteiger partial charge is 0.303 e. The van der Waals surface area contributed by atoms with Crippen molar-refractivity contribution in [2.75, 3.05) is 33.8 Å². The van der Waals surface area contributed by atoms with E-state index in [1.165, 1.54) is 12.1 Å². The molecule has 0 radical (unpaired) electrons. The number of rotatable bonds is 17. The second-order valence-corrected chi connectivity index (χ2v) is 12.3. The Kier molecular flexibility index (Phi) is 12.5. The highest BCUT2D eigenvalue weighted by Gasteiger charge is 2.14. The number of halogens is 1. The van der Waals surface area contributed by atoms with Crippen molar-refractivity contribution in [2.24, 2.45) is 0 Å². The normalized spacial score (nSPS) is 11.6. The van der Waals surface area contributed by atoms with Crippen LogP contribution in [0, 0.1) is 0 Å². The molecule has 0 aliphatic rings. The minimum Gasteiger partial charge on any atom is -0.493 e. The number of hydrogen-bond donors (Lipinski definition) is 2. The molecule has 0 aliphatic heterocycles. The van der Waals surface area contributed by atoms with Crippen molar-refractivity contribution in [3.8, 4) is 5.75 Å². The van der Waals surface area contributed by atoms with Gasteiger partial charge >= 0.3 is 5.97 Å². The monoisotopic (exact) mass is 586 g/mol. The van der Waals surface area contributed by atoms with E-state index in [2.05, 4.69) is 41.9 Å². The second-order valence-electron chi connectivity index (χ2n) is 10.1. The number of carboxylic acid groups (broad SMARTS) is 1. The third-order valence-electron chi connectivity index (χ3n) is 6.48. The summed E-state index contributed by atoms with van der Waals surface area (Å²) in [7, 11) is 0.477. The van der Waals surface area contributed by atoms with Crippen LogP contribution in [-0.2, 0) is 40.5 Å². The minimum atomic E-state index is -3.66. The second kappa shape index (κ2) is 15.8. The van der Waals surface area contributed by atoms with E-state index >= 15 is 0 Å². The van der Waals surface area contributed by atoms with Crippen LogP contribution < -0.4 is 9.46 Å². The van der Waals surface area contributed by atoms with E-state index < -0.39 is 16.0 Å². The molecular weight excluding hydrogens is 548 g/mol. The molecule has 3 aromatic carbocycles. The van der Waals surface area contributed by atoms with E-state index in [9.17, 15) is 18.3 Å². The van der Waals surface area contributed by atoms with Crippen LogP contribution in [0.5, 0.6) is 5.75 Å². The van der Waals surface area contributed by atoms with Gasteiger partial charge in [-0.1, -0.05) is 48.0 Å². The molecule has 0 saturated heterocycles. The molecule has 3 aromatic rings. The summed E-state index contributed by atoms with van der Waals surface area (Å²) in [5, 5.41) is 9.65. The first-order valence-electron chi connectivity index (χ1n) is 13.6. The maximum Gasteiger partial charge on any atom is 0.303 e. The zero-order valence-corrected chi connectivity index (χ0v) is 24.8. The van der Waals surface area contributed by atoms with Gasteiger partial charge in [0.15, 0.2) is 0 Å². The minimum absolute atomic E-state index is 0.0383. The Hall–Kier alpha value is -2.91. The number of carbonyl (C=O) groups is 1. The lowest BCUT2D eigenvalue weighted by Crippen LogP contribution is -2.26. The Morgan fingerprint density at radius 1 is 0.900 bits per heavy atom. The van der Waals surface area contributed by atoms with Crippen molar-refractivity contribution < 1.29 is 23.1 Å². The van der Waals surface area contributed by atoms with Crippen LogP contribution >= 0.6 is 11.6 Å². The quantitative estimate of drug-likeness (QED) is 0.206. The number of sulfonamides is 1. The lowest BCUT2D eigenvalue weighted by Gasteiger charge is -2.14. The lowest BCUT2D eigenvalue weighted by molar-refractivity contribution is -0.136. The molecule has 40 heavy (non-hydrogen) atoms. The SMILES string of the molecule is CN(C)CCCCOc1ccccc1CCc1cc(CCNS(=O)(=O)c2ccc(Cl)cc2)cc(CCC(=O)O)c1. The van der Waals surface area contributed by atoms with E-state index in [0.717, 1.165) is 60.2 Å². The predicted molar refractivity (Wildman–Crippen MR) is 160 cm³/mol.